The summed E-state index contributed by atoms with van der Waals surface area (Å²) >= 11 is 0. The average Bonchev–Trinajstić information content (AvgIpc) is 2.59. The number of aryl methyl sites for hydroxylation is 1. The smallest absolute Gasteiger partial charge is 0.153 e. The zero-order chi connectivity index (χ0) is 10.1. The predicted octanol–water partition coefficient (Wildman–Crippen LogP) is 2.51. The summed E-state index contributed by atoms with van der Waals surface area (Å²) in [6.07, 6.45) is 1.46. The number of rotatable bonds is 2. The number of benzene rings is 1. The maximum absolute atomic E-state index is 10.7. The summed E-state index contributed by atoms with van der Waals surface area (Å²) in [7, 11) is 0. The third kappa shape index (κ3) is 1.27. The highest BCUT2D eigenvalue weighted by molar-refractivity contribution is 5.95. The summed E-state index contributed by atoms with van der Waals surface area (Å²) in [5.74, 6) is 0.900. The van der Waals surface area contributed by atoms with Gasteiger partial charge in [-0.3, -0.25) is 4.79 Å². The van der Waals surface area contributed by atoms with Crippen LogP contribution in [0, 0.1) is 0 Å². The minimum absolute atomic E-state index is 0.0862. The van der Waals surface area contributed by atoms with Crippen molar-refractivity contribution in [3.05, 3.63) is 29.5 Å². The van der Waals surface area contributed by atoms with Crippen LogP contribution in [0.25, 0.3) is 11.0 Å². The number of phenols is 1. The minimum Gasteiger partial charge on any atom is -0.508 e. The number of hydrogen-bond acceptors (Lipinski definition) is 3. The molecular formula is C11H10O3. The Morgan fingerprint density at radius 1 is 1.43 bits per heavy atom. The van der Waals surface area contributed by atoms with Crippen molar-refractivity contribution in [2.45, 2.75) is 13.3 Å². The number of aromatic hydroxyl groups is 1. The maximum atomic E-state index is 10.7. The lowest BCUT2D eigenvalue weighted by Crippen LogP contribution is -1.79. The SMILES string of the molecule is CCc1cc2cc(O)cc(C=O)c2o1. The summed E-state index contributed by atoms with van der Waals surface area (Å²) in [4.78, 5) is 10.7. The molecule has 1 aromatic carbocycles. The van der Waals surface area contributed by atoms with E-state index in [9.17, 15) is 9.90 Å². The number of carbonyl (C=O) groups excluding carboxylic acids is 1. The molecule has 1 heterocycles. The van der Waals surface area contributed by atoms with Crippen LogP contribution in [0.15, 0.2) is 22.6 Å². The monoisotopic (exact) mass is 190 g/mol. The van der Waals surface area contributed by atoms with Gasteiger partial charge >= 0.3 is 0 Å². The van der Waals surface area contributed by atoms with Crippen molar-refractivity contribution in [1.82, 2.24) is 0 Å². The third-order valence-corrected chi connectivity index (χ3v) is 2.16. The zero-order valence-corrected chi connectivity index (χ0v) is 7.78. The molecule has 0 bridgehead atoms. The van der Waals surface area contributed by atoms with Crippen LogP contribution in [-0.4, -0.2) is 11.4 Å². The van der Waals surface area contributed by atoms with Crippen LogP contribution in [-0.2, 0) is 6.42 Å². The van der Waals surface area contributed by atoms with Crippen molar-refractivity contribution in [1.29, 1.82) is 0 Å². The van der Waals surface area contributed by atoms with E-state index in [0.29, 0.717) is 17.4 Å². The van der Waals surface area contributed by atoms with Crippen molar-refractivity contribution >= 4 is 17.3 Å². The molecular weight excluding hydrogens is 180 g/mol. The fraction of sp³-hybridized carbons (Fsp3) is 0.182. The molecule has 2 rings (SSSR count). The van der Waals surface area contributed by atoms with Crippen LogP contribution in [0.3, 0.4) is 0 Å². The highest BCUT2D eigenvalue weighted by atomic mass is 16.3. The molecule has 0 saturated carbocycles. The Hall–Kier alpha value is -1.77. The van der Waals surface area contributed by atoms with Crippen molar-refractivity contribution in [2.24, 2.45) is 0 Å². The normalized spacial score (nSPS) is 10.6. The molecule has 0 aliphatic carbocycles. The molecule has 0 unspecified atom stereocenters. The van der Waals surface area contributed by atoms with Gasteiger partial charge in [0, 0.05) is 11.8 Å². The summed E-state index contributed by atoms with van der Waals surface area (Å²) in [5, 5.41) is 10.1. The summed E-state index contributed by atoms with van der Waals surface area (Å²) in [6, 6.07) is 4.82. The quantitative estimate of drug-likeness (QED) is 0.740. The van der Waals surface area contributed by atoms with Crippen LogP contribution in [0.2, 0.25) is 0 Å². The van der Waals surface area contributed by atoms with Crippen molar-refractivity contribution < 1.29 is 14.3 Å². The molecule has 0 aliphatic heterocycles. The third-order valence-electron chi connectivity index (χ3n) is 2.16. The van der Waals surface area contributed by atoms with Crippen LogP contribution >= 0.6 is 0 Å². The van der Waals surface area contributed by atoms with Crippen LogP contribution in [0.5, 0.6) is 5.75 Å². The number of phenolic OH excluding ortho intramolecular Hbond substituents is 1. The van der Waals surface area contributed by atoms with Crippen molar-refractivity contribution in [2.75, 3.05) is 0 Å². The molecule has 0 fully saturated rings. The van der Waals surface area contributed by atoms with Gasteiger partial charge in [0.15, 0.2) is 6.29 Å². The van der Waals surface area contributed by atoms with E-state index in [1.54, 1.807) is 6.07 Å². The molecule has 3 nitrogen and oxygen atoms in total. The highest BCUT2D eigenvalue weighted by Crippen LogP contribution is 2.26. The van der Waals surface area contributed by atoms with E-state index in [0.717, 1.165) is 17.6 Å². The highest BCUT2D eigenvalue weighted by Gasteiger charge is 2.08. The number of fused-ring (bicyclic) bond motifs is 1. The van der Waals surface area contributed by atoms with E-state index in [1.165, 1.54) is 6.07 Å². The summed E-state index contributed by atoms with van der Waals surface area (Å²) in [5.41, 5.74) is 0.939. The molecule has 1 aromatic heterocycles. The number of furan rings is 1. The summed E-state index contributed by atoms with van der Waals surface area (Å²) in [6.45, 7) is 1.97. The Balaban J connectivity index is 2.77. The van der Waals surface area contributed by atoms with E-state index >= 15 is 0 Å². The topological polar surface area (TPSA) is 50.4 Å². The molecule has 2 aromatic rings. The molecule has 1 N–H and O–H groups in total. The van der Waals surface area contributed by atoms with Gasteiger partial charge in [-0.1, -0.05) is 6.92 Å². The lowest BCUT2D eigenvalue weighted by atomic mass is 10.1. The van der Waals surface area contributed by atoms with Crippen molar-refractivity contribution in [3.63, 3.8) is 0 Å². The second kappa shape index (κ2) is 3.18. The van der Waals surface area contributed by atoms with Gasteiger partial charge in [0.1, 0.15) is 17.1 Å². The first-order valence-electron chi connectivity index (χ1n) is 4.45. The van der Waals surface area contributed by atoms with Gasteiger partial charge in [-0.15, -0.1) is 0 Å². The Labute approximate surface area is 81.0 Å². The number of carbonyl (C=O) groups is 1. The lowest BCUT2D eigenvalue weighted by Gasteiger charge is -1.94. The van der Waals surface area contributed by atoms with Crippen molar-refractivity contribution in [3.8, 4) is 5.75 Å². The first-order valence-corrected chi connectivity index (χ1v) is 4.45. The Morgan fingerprint density at radius 2 is 2.21 bits per heavy atom. The minimum atomic E-state index is 0.0862. The molecule has 0 saturated heterocycles. The lowest BCUT2D eigenvalue weighted by molar-refractivity contribution is 0.112. The van der Waals surface area contributed by atoms with Crippen LogP contribution < -0.4 is 0 Å². The maximum Gasteiger partial charge on any atom is 0.153 e. The first kappa shape index (κ1) is 8.81. The predicted molar refractivity (Wildman–Crippen MR) is 52.6 cm³/mol. The van der Waals surface area contributed by atoms with Gasteiger partial charge in [0.05, 0.1) is 5.56 Å². The van der Waals surface area contributed by atoms with E-state index in [1.807, 2.05) is 13.0 Å². The van der Waals surface area contributed by atoms with E-state index in [-0.39, 0.29) is 5.75 Å². The van der Waals surface area contributed by atoms with Gasteiger partial charge in [-0.05, 0) is 18.2 Å². The fourth-order valence-corrected chi connectivity index (χ4v) is 1.48. The Morgan fingerprint density at radius 3 is 2.86 bits per heavy atom. The fourth-order valence-electron chi connectivity index (χ4n) is 1.48. The van der Waals surface area contributed by atoms with Gasteiger partial charge in [-0.2, -0.15) is 0 Å². The Kier molecular flexibility index (Phi) is 2.00. The van der Waals surface area contributed by atoms with E-state index < -0.39 is 0 Å². The number of aldehydes is 1. The molecule has 14 heavy (non-hydrogen) atoms. The van der Waals surface area contributed by atoms with Gasteiger partial charge in [-0.25, -0.2) is 0 Å². The largest absolute Gasteiger partial charge is 0.508 e. The second-order valence-corrected chi connectivity index (χ2v) is 3.14. The molecule has 0 atom stereocenters. The van der Waals surface area contributed by atoms with E-state index in [4.69, 9.17) is 4.42 Å². The second-order valence-electron chi connectivity index (χ2n) is 3.14. The first-order chi connectivity index (χ1) is 6.74. The molecule has 72 valence electrons. The average molecular weight is 190 g/mol. The van der Waals surface area contributed by atoms with Crippen LogP contribution in [0.1, 0.15) is 23.0 Å². The molecule has 0 spiro atoms. The molecule has 3 heteroatoms. The van der Waals surface area contributed by atoms with Gasteiger partial charge < -0.3 is 9.52 Å². The van der Waals surface area contributed by atoms with E-state index in [2.05, 4.69) is 0 Å². The molecule has 0 amide bonds. The standard InChI is InChI=1S/C11H10O3/c1-2-10-5-7-3-9(13)4-8(6-12)11(7)14-10/h3-6,13H,2H2,1H3. The number of hydrogen-bond donors (Lipinski definition) is 1. The van der Waals surface area contributed by atoms with Gasteiger partial charge in [0.2, 0.25) is 0 Å². The Bertz CT molecular complexity index is 482. The molecule has 0 radical (unpaired) electrons. The van der Waals surface area contributed by atoms with Crippen LogP contribution in [0.4, 0.5) is 0 Å². The molecule has 0 aliphatic rings. The summed E-state index contributed by atoms with van der Waals surface area (Å²) < 4.78 is 5.45. The zero-order valence-electron chi connectivity index (χ0n) is 7.78. The van der Waals surface area contributed by atoms with Gasteiger partial charge in [0.25, 0.3) is 0 Å².